The molecule has 0 radical (unpaired) electrons. The largest absolute Gasteiger partial charge is 0.503 e. The first-order valence-corrected chi connectivity index (χ1v) is 12.4. The zero-order chi connectivity index (χ0) is 24.8. The molecule has 1 aliphatic heterocycles. The van der Waals surface area contributed by atoms with Crippen molar-refractivity contribution in [2.75, 3.05) is 32.8 Å². The number of amides is 1. The summed E-state index contributed by atoms with van der Waals surface area (Å²) in [7, 11) is 0. The van der Waals surface area contributed by atoms with Gasteiger partial charge >= 0.3 is 0 Å². The van der Waals surface area contributed by atoms with Gasteiger partial charge in [0.1, 0.15) is 12.4 Å². The standard InChI is InChI=1S/C26H33N3O4S/c1-6-16-33-20-13-10-9-12-19(20)22-21(23(30)25-17(4)27-18(5)34-25)24(31)26(32)29(22)15-11-14-28(7-2)8-3/h6,9-10,12-13,22,31H,1,7-8,11,14-16H2,2-5H3. The Labute approximate surface area is 205 Å². The van der Waals surface area contributed by atoms with E-state index in [1.807, 2.05) is 25.1 Å². The van der Waals surface area contributed by atoms with Gasteiger partial charge in [-0.05, 0) is 46.0 Å². The van der Waals surface area contributed by atoms with Crippen LogP contribution >= 0.6 is 11.3 Å². The number of aliphatic hydroxyl groups excluding tert-OH is 1. The third-order valence-electron chi connectivity index (χ3n) is 6.00. The lowest BCUT2D eigenvalue weighted by Crippen LogP contribution is -2.34. The molecule has 1 unspecified atom stereocenters. The van der Waals surface area contributed by atoms with Crippen molar-refractivity contribution in [2.24, 2.45) is 0 Å². The number of ketones is 1. The van der Waals surface area contributed by atoms with E-state index in [1.165, 1.54) is 11.3 Å². The summed E-state index contributed by atoms with van der Waals surface area (Å²) >= 11 is 1.27. The summed E-state index contributed by atoms with van der Waals surface area (Å²) < 4.78 is 5.87. The summed E-state index contributed by atoms with van der Waals surface area (Å²) in [5, 5.41) is 11.7. The number of aryl methyl sites for hydroxylation is 2. The molecule has 3 rings (SSSR count). The number of thiazole rings is 1. The molecule has 1 atom stereocenters. The first-order valence-electron chi connectivity index (χ1n) is 11.6. The van der Waals surface area contributed by atoms with E-state index in [4.69, 9.17) is 4.74 Å². The molecule has 34 heavy (non-hydrogen) atoms. The molecular weight excluding hydrogens is 450 g/mol. The Balaban J connectivity index is 2.04. The summed E-state index contributed by atoms with van der Waals surface area (Å²) in [6, 6.07) is 6.57. The molecule has 1 aromatic carbocycles. The van der Waals surface area contributed by atoms with Gasteiger partial charge in [0.15, 0.2) is 5.76 Å². The highest BCUT2D eigenvalue weighted by molar-refractivity contribution is 7.14. The molecular formula is C26H33N3O4S. The maximum absolute atomic E-state index is 13.7. The van der Waals surface area contributed by atoms with Gasteiger partial charge in [0, 0.05) is 12.1 Å². The van der Waals surface area contributed by atoms with Crippen molar-refractivity contribution in [1.82, 2.24) is 14.8 Å². The van der Waals surface area contributed by atoms with E-state index in [-0.39, 0.29) is 18.0 Å². The van der Waals surface area contributed by atoms with Gasteiger partial charge in [0.05, 0.1) is 27.2 Å². The Hall–Kier alpha value is -2.97. The number of aromatic nitrogens is 1. The van der Waals surface area contributed by atoms with Crippen LogP contribution in [0.25, 0.3) is 0 Å². The fourth-order valence-electron chi connectivity index (χ4n) is 4.29. The molecule has 7 nitrogen and oxygen atoms in total. The molecule has 2 heterocycles. The number of rotatable bonds is 12. The molecule has 0 spiro atoms. The molecule has 182 valence electrons. The van der Waals surface area contributed by atoms with Crippen LogP contribution in [0, 0.1) is 13.8 Å². The summed E-state index contributed by atoms with van der Waals surface area (Å²) in [5.41, 5.74) is 1.33. The van der Waals surface area contributed by atoms with Crippen molar-refractivity contribution in [3.05, 3.63) is 69.4 Å². The van der Waals surface area contributed by atoms with Crippen molar-refractivity contribution >= 4 is 23.0 Å². The van der Waals surface area contributed by atoms with Crippen molar-refractivity contribution in [3.63, 3.8) is 0 Å². The average molecular weight is 484 g/mol. The van der Waals surface area contributed by atoms with Gasteiger partial charge in [0.25, 0.3) is 5.91 Å². The summed E-state index contributed by atoms with van der Waals surface area (Å²) in [6.07, 6.45) is 2.36. The zero-order valence-electron chi connectivity index (χ0n) is 20.3. The normalized spacial score (nSPS) is 16.0. The number of Topliss-reactive ketones (excluding diaryl/α,β-unsaturated/α-hetero) is 1. The van der Waals surface area contributed by atoms with Crippen molar-refractivity contribution < 1.29 is 19.4 Å². The second-order valence-electron chi connectivity index (χ2n) is 8.16. The second kappa shape index (κ2) is 11.4. The molecule has 1 N–H and O–H groups in total. The molecule has 1 amide bonds. The molecule has 0 saturated carbocycles. The van der Waals surface area contributed by atoms with Crippen LogP contribution < -0.4 is 4.74 Å². The number of nitrogens with zero attached hydrogens (tertiary/aromatic N) is 3. The van der Waals surface area contributed by atoms with Crippen LogP contribution in [0.1, 0.15) is 52.2 Å². The lowest BCUT2D eigenvalue weighted by atomic mass is 9.94. The second-order valence-corrected chi connectivity index (χ2v) is 9.36. The Morgan fingerprint density at radius 2 is 2.00 bits per heavy atom. The quantitative estimate of drug-likeness (QED) is 0.350. The Morgan fingerprint density at radius 3 is 2.62 bits per heavy atom. The van der Waals surface area contributed by atoms with E-state index in [0.717, 1.165) is 24.6 Å². The molecule has 1 aliphatic rings. The van der Waals surface area contributed by atoms with Gasteiger partial charge in [0.2, 0.25) is 5.78 Å². The van der Waals surface area contributed by atoms with Gasteiger partial charge in [-0.2, -0.15) is 0 Å². The van der Waals surface area contributed by atoms with Crippen molar-refractivity contribution in [1.29, 1.82) is 0 Å². The molecule has 0 saturated heterocycles. The monoisotopic (exact) mass is 483 g/mol. The predicted molar refractivity (Wildman–Crippen MR) is 135 cm³/mol. The number of carbonyl (C=O) groups is 2. The topological polar surface area (TPSA) is 83.0 Å². The first kappa shape index (κ1) is 25.6. The number of benzene rings is 1. The van der Waals surface area contributed by atoms with Gasteiger partial charge < -0.3 is 19.6 Å². The number of hydrogen-bond acceptors (Lipinski definition) is 7. The smallest absolute Gasteiger partial charge is 0.290 e. The summed E-state index contributed by atoms with van der Waals surface area (Å²) in [5.74, 6) is -0.859. The van der Waals surface area contributed by atoms with Crippen LogP contribution in [0.2, 0.25) is 0 Å². The number of carbonyl (C=O) groups excluding carboxylic acids is 2. The van der Waals surface area contributed by atoms with Gasteiger partial charge in [-0.3, -0.25) is 9.59 Å². The molecule has 8 heteroatoms. The molecule has 1 aromatic heterocycles. The average Bonchev–Trinajstić information content (AvgIpc) is 3.30. The molecule has 0 fully saturated rings. The molecule has 0 bridgehead atoms. The van der Waals surface area contributed by atoms with Crippen LogP contribution in [0.3, 0.4) is 0 Å². The highest BCUT2D eigenvalue weighted by Gasteiger charge is 2.45. The van der Waals surface area contributed by atoms with E-state index >= 15 is 0 Å². The van der Waals surface area contributed by atoms with Crippen molar-refractivity contribution in [3.8, 4) is 5.75 Å². The Bertz CT molecular complexity index is 1090. The fraction of sp³-hybridized carbons (Fsp3) is 0.423. The van der Waals surface area contributed by atoms with Crippen LogP contribution in [-0.4, -0.2) is 64.4 Å². The Kier molecular flexibility index (Phi) is 8.63. The highest BCUT2D eigenvalue weighted by Crippen LogP contribution is 2.43. The number of aliphatic hydroxyl groups is 1. The van der Waals surface area contributed by atoms with Crippen LogP contribution in [-0.2, 0) is 4.79 Å². The van der Waals surface area contributed by atoms with E-state index in [1.54, 1.807) is 24.0 Å². The zero-order valence-corrected chi connectivity index (χ0v) is 21.2. The minimum atomic E-state index is -0.750. The lowest BCUT2D eigenvalue weighted by molar-refractivity contribution is -0.129. The van der Waals surface area contributed by atoms with E-state index in [0.29, 0.717) is 34.8 Å². The number of hydrogen-bond donors (Lipinski definition) is 1. The van der Waals surface area contributed by atoms with E-state index in [9.17, 15) is 14.7 Å². The third-order valence-corrected chi connectivity index (χ3v) is 7.07. The van der Waals surface area contributed by atoms with E-state index < -0.39 is 17.7 Å². The predicted octanol–water partition coefficient (Wildman–Crippen LogP) is 4.63. The highest BCUT2D eigenvalue weighted by atomic mass is 32.1. The maximum atomic E-state index is 13.7. The summed E-state index contributed by atoms with van der Waals surface area (Å²) in [4.78, 5) is 35.6. The van der Waals surface area contributed by atoms with Crippen LogP contribution in [0.15, 0.2) is 48.3 Å². The van der Waals surface area contributed by atoms with E-state index in [2.05, 4.69) is 30.3 Å². The van der Waals surface area contributed by atoms with Gasteiger partial charge in [-0.15, -0.1) is 11.3 Å². The maximum Gasteiger partial charge on any atom is 0.290 e. The third kappa shape index (κ3) is 5.23. The lowest BCUT2D eigenvalue weighted by Gasteiger charge is -2.29. The minimum absolute atomic E-state index is 0.0780. The minimum Gasteiger partial charge on any atom is -0.503 e. The van der Waals surface area contributed by atoms with Gasteiger partial charge in [-0.25, -0.2) is 4.98 Å². The SMILES string of the molecule is C=CCOc1ccccc1C1C(C(=O)c2sc(C)nc2C)=C(O)C(=O)N1CCCN(CC)CC. The van der Waals surface area contributed by atoms with Crippen LogP contribution in [0.4, 0.5) is 0 Å². The first-order chi connectivity index (χ1) is 16.3. The molecule has 2 aromatic rings. The van der Waals surface area contributed by atoms with Crippen LogP contribution in [0.5, 0.6) is 5.75 Å². The molecule has 0 aliphatic carbocycles. The van der Waals surface area contributed by atoms with Crippen molar-refractivity contribution in [2.45, 2.75) is 40.2 Å². The fourth-order valence-corrected chi connectivity index (χ4v) is 5.17. The summed E-state index contributed by atoms with van der Waals surface area (Å²) in [6.45, 7) is 14.8. The number of para-hydroxylation sites is 1. The number of ether oxygens (including phenoxy) is 1. The van der Waals surface area contributed by atoms with Gasteiger partial charge in [-0.1, -0.05) is 44.7 Å². The Morgan fingerprint density at radius 1 is 1.29 bits per heavy atom.